The van der Waals surface area contributed by atoms with Crippen molar-refractivity contribution in [3.63, 3.8) is 0 Å². The second-order valence-corrected chi connectivity index (χ2v) is 5.16. The number of ether oxygens (including phenoxy) is 1. The molecule has 0 unspecified atom stereocenters. The Kier molecular flexibility index (Phi) is 4.70. The van der Waals surface area contributed by atoms with Gasteiger partial charge in [0.15, 0.2) is 5.75 Å². The molecule has 20 heavy (non-hydrogen) atoms. The van der Waals surface area contributed by atoms with Gasteiger partial charge in [-0.25, -0.2) is 0 Å². The number of hydrogen-bond donors (Lipinski definition) is 0. The fraction of sp³-hybridized carbons (Fsp3) is 0.0769. The Morgan fingerprint density at radius 1 is 1.05 bits per heavy atom. The molecule has 2 aromatic carbocycles. The van der Waals surface area contributed by atoms with Crippen LogP contribution in [0.2, 0.25) is 15.1 Å². The Hall–Kier alpha value is -1.49. The second kappa shape index (κ2) is 6.31. The lowest BCUT2D eigenvalue weighted by Gasteiger charge is -2.10. The van der Waals surface area contributed by atoms with E-state index < -0.39 is 4.92 Å². The van der Waals surface area contributed by atoms with E-state index in [1.165, 1.54) is 24.3 Å². The minimum absolute atomic E-state index is 0.0244. The maximum Gasteiger partial charge on any atom is 0.269 e. The van der Waals surface area contributed by atoms with Gasteiger partial charge in [-0.1, -0.05) is 34.8 Å². The summed E-state index contributed by atoms with van der Waals surface area (Å²) < 4.78 is 5.52. The summed E-state index contributed by atoms with van der Waals surface area (Å²) in [7, 11) is 0. The van der Waals surface area contributed by atoms with E-state index in [0.29, 0.717) is 20.8 Å². The van der Waals surface area contributed by atoms with Crippen molar-refractivity contribution in [3.05, 3.63) is 67.1 Å². The molecule has 2 rings (SSSR count). The minimum atomic E-state index is -0.461. The zero-order valence-electron chi connectivity index (χ0n) is 9.98. The van der Waals surface area contributed by atoms with Gasteiger partial charge in [0.2, 0.25) is 0 Å². The topological polar surface area (TPSA) is 52.4 Å². The molecule has 0 fully saturated rings. The van der Waals surface area contributed by atoms with E-state index in [1.807, 2.05) is 0 Å². The summed E-state index contributed by atoms with van der Waals surface area (Å²) in [5.74, 6) is 0.330. The van der Waals surface area contributed by atoms with Gasteiger partial charge in [0.1, 0.15) is 6.61 Å². The van der Waals surface area contributed by atoms with Crippen LogP contribution in [0.4, 0.5) is 5.69 Å². The van der Waals surface area contributed by atoms with Crippen LogP contribution in [0.1, 0.15) is 5.56 Å². The van der Waals surface area contributed by atoms with Gasteiger partial charge in [0.05, 0.1) is 15.0 Å². The first-order chi connectivity index (χ1) is 9.47. The summed E-state index contributed by atoms with van der Waals surface area (Å²) in [4.78, 5) is 10.1. The van der Waals surface area contributed by atoms with Crippen LogP contribution in [0.5, 0.6) is 5.75 Å². The maximum absolute atomic E-state index is 10.5. The van der Waals surface area contributed by atoms with Crippen molar-refractivity contribution in [2.45, 2.75) is 6.61 Å². The molecule has 2 aromatic rings. The molecular formula is C13H8Cl3NO3. The Bertz CT molecular complexity index is 621. The van der Waals surface area contributed by atoms with Gasteiger partial charge in [-0.3, -0.25) is 10.1 Å². The lowest BCUT2D eigenvalue weighted by Crippen LogP contribution is -1.97. The standard InChI is InChI=1S/C13H8Cl3NO3/c14-9-5-11(15)13(12(16)6-9)20-7-8-1-3-10(4-2-8)17(18)19/h1-6H,7H2. The summed E-state index contributed by atoms with van der Waals surface area (Å²) in [6.45, 7) is 0.194. The molecule has 4 nitrogen and oxygen atoms in total. The Morgan fingerprint density at radius 3 is 2.10 bits per heavy atom. The van der Waals surface area contributed by atoms with Crippen molar-refractivity contribution in [3.8, 4) is 5.75 Å². The molecule has 0 spiro atoms. The Morgan fingerprint density at radius 2 is 1.60 bits per heavy atom. The zero-order valence-corrected chi connectivity index (χ0v) is 12.2. The van der Waals surface area contributed by atoms with E-state index in [2.05, 4.69) is 0 Å². The van der Waals surface area contributed by atoms with Gasteiger partial charge in [-0.2, -0.15) is 0 Å². The summed E-state index contributed by atoms with van der Waals surface area (Å²) in [6.07, 6.45) is 0. The van der Waals surface area contributed by atoms with Crippen LogP contribution >= 0.6 is 34.8 Å². The number of rotatable bonds is 4. The predicted molar refractivity (Wildman–Crippen MR) is 78.9 cm³/mol. The highest BCUT2D eigenvalue weighted by atomic mass is 35.5. The van der Waals surface area contributed by atoms with Crippen LogP contribution in [-0.2, 0) is 6.61 Å². The van der Waals surface area contributed by atoms with Crippen LogP contribution in [0.25, 0.3) is 0 Å². The maximum atomic E-state index is 10.5. The molecule has 0 aliphatic heterocycles. The summed E-state index contributed by atoms with van der Waals surface area (Å²) in [6, 6.07) is 9.08. The molecule has 0 aliphatic carbocycles. The molecule has 7 heteroatoms. The van der Waals surface area contributed by atoms with Crippen molar-refractivity contribution in [2.24, 2.45) is 0 Å². The second-order valence-electron chi connectivity index (χ2n) is 3.91. The number of non-ortho nitro benzene ring substituents is 1. The van der Waals surface area contributed by atoms with Crippen molar-refractivity contribution in [1.82, 2.24) is 0 Å². The molecule has 0 N–H and O–H groups in total. The number of nitro groups is 1. The van der Waals surface area contributed by atoms with Gasteiger partial charge < -0.3 is 4.74 Å². The Balaban J connectivity index is 2.11. The van der Waals surface area contributed by atoms with Crippen LogP contribution in [0.3, 0.4) is 0 Å². The van der Waals surface area contributed by atoms with E-state index in [1.54, 1.807) is 12.1 Å². The van der Waals surface area contributed by atoms with Crippen molar-refractivity contribution in [1.29, 1.82) is 0 Å². The van der Waals surface area contributed by atoms with Gasteiger partial charge in [0.25, 0.3) is 5.69 Å². The summed E-state index contributed by atoms with van der Waals surface area (Å²) in [5.41, 5.74) is 0.786. The molecule has 0 aliphatic rings. The third-order valence-electron chi connectivity index (χ3n) is 2.49. The molecule has 0 saturated carbocycles. The van der Waals surface area contributed by atoms with Crippen LogP contribution < -0.4 is 4.74 Å². The zero-order chi connectivity index (χ0) is 14.7. The molecule has 0 amide bonds. The van der Waals surface area contributed by atoms with E-state index in [4.69, 9.17) is 39.5 Å². The van der Waals surface area contributed by atoms with Crippen molar-refractivity contribution < 1.29 is 9.66 Å². The molecule has 0 heterocycles. The third-order valence-corrected chi connectivity index (χ3v) is 3.27. The van der Waals surface area contributed by atoms with Gasteiger partial charge in [0, 0.05) is 17.2 Å². The number of hydrogen-bond acceptors (Lipinski definition) is 3. The van der Waals surface area contributed by atoms with Crippen LogP contribution in [-0.4, -0.2) is 4.92 Å². The van der Waals surface area contributed by atoms with Gasteiger partial charge in [-0.15, -0.1) is 0 Å². The summed E-state index contributed by atoms with van der Waals surface area (Å²) >= 11 is 17.8. The molecule has 0 aromatic heterocycles. The van der Waals surface area contributed by atoms with Crippen molar-refractivity contribution in [2.75, 3.05) is 0 Å². The normalized spacial score (nSPS) is 10.3. The molecule has 0 saturated heterocycles. The first-order valence-electron chi connectivity index (χ1n) is 5.48. The van der Waals surface area contributed by atoms with Crippen LogP contribution in [0.15, 0.2) is 36.4 Å². The molecule has 0 radical (unpaired) electrons. The first kappa shape index (κ1) is 14.9. The Labute approximate surface area is 130 Å². The van der Waals surface area contributed by atoms with Crippen LogP contribution in [0, 0.1) is 10.1 Å². The van der Waals surface area contributed by atoms with E-state index in [9.17, 15) is 10.1 Å². The SMILES string of the molecule is O=[N+]([O-])c1ccc(COc2c(Cl)cc(Cl)cc2Cl)cc1. The highest BCUT2D eigenvalue weighted by Gasteiger charge is 2.10. The first-order valence-corrected chi connectivity index (χ1v) is 6.61. The quantitative estimate of drug-likeness (QED) is 0.576. The number of nitrogens with zero attached hydrogens (tertiary/aromatic N) is 1. The molecule has 104 valence electrons. The highest BCUT2D eigenvalue weighted by molar-refractivity contribution is 6.40. The largest absolute Gasteiger partial charge is 0.486 e. The lowest BCUT2D eigenvalue weighted by atomic mass is 10.2. The average molecular weight is 333 g/mol. The lowest BCUT2D eigenvalue weighted by molar-refractivity contribution is -0.384. The monoisotopic (exact) mass is 331 g/mol. The fourth-order valence-corrected chi connectivity index (χ4v) is 2.46. The van der Waals surface area contributed by atoms with Gasteiger partial charge in [-0.05, 0) is 29.8 Å². The fourth-order valence-electron chi connectivity index (χ4n) is 1.54. The van der Waals surface area contributed by atoms with Crippen molar-refractivity contribution >= 4 is 40.5 Å². The molecular weight excluding hydrogens is 325 g/mol. The molecule has 0 atom stereocenters. The van der Waals surface area contributed by atoms with Gasteiger partial charge >= 0.3 is 0 Å². The average Bonchev–Trinajstić information content (AvgIpc) is 2.38. The number of benzene rings is 2. The van der Waals surface area contributed by atoms with E-state index in [-0.39, 0.29) is 12.3 Å². The highest BCUT2D eigenvalue weighted by Crippen LogP contribution is 2.36. The molecule has 0 bridgehead atoms. The van der Waals surface area contributed by atoms with E-state index in [0.717, 1.165) is 5.56 Å². The summed E-state index contributed by atoms with van der Waals surface area (Å²) in [5, 5.41) is 11.6. The van der Waals surface area contributed by atoms with E-state index >= 15 is 0 Å². The predicted octanol–water partition coefficient (Wildman–Crippen LogP) is 5.13. The number of halogens is 3. The number of nitro benzene ring substituents is 1. The smallest absolute Gasteiger partial charge is 0.269 e. The minimum Gasteiger partial charge on any atom is -0.486 e. The third kappa shape index (κ3) is 3.54.